The Balaban J connectivity index is 1.60. The molecule has 0 aliphatic carbocycles. The lowest BCUT2D eigenvalue weighted by Crippen LogP contribution is -2.31. The number of rotatable bonds is 7. The molecule has 1 N–H and O–H groups in total. The third kappa shape index (κ3) is 5.10. The van der Waals surface area contributed by atoms with Crippen molar-refractivity contribution < 1.29 is 14.2 Å². The maximum Gasteiger partial charge on any atom is 0.161 e. The van der Waals surface area contributed by atoms with Crippen LogP contribution in [-0.2, 0) is 11.3 Å². The van der Waals surface area contributed by atoms with Gasteiger partial charge < -0.3 is 19.5 Å². The number of halogens is 1. The van der Waals surface area contributed by atoms with Gasteiger partial charge in [0.1, 0.15) is 11.6 Å². The van der Waals surface area contributed by atoms with Crippen LogP contribution in [0.1, 0.15) is 24.0 Å². The van der Waals surface area contributed by atoms with Crippen molar-refractivity contribution in [3.63, 3.8) is 0 Å². The minimum absolute atomic E-state index is 0.247. The van der Waals surface area contributed by atoms with Gasteiger partial charge >= 0.3 is 0 Å². The Labute approximate surface area is 164 Å². The van der Waals surface area contributed by atoms with Crippen molar-refractivity contribution in [1.29, 1.82) is 0 Å². The van der Waals surface area contributed by atoms with Crippen LogP contribution in [0.3, 0.4) is 0 Å². The Bertz CT molecular complexity index is 745. The molecule has 0 radical (unpaired) electrons. The fraction of sp³-hybridized carbons (Fsp3) is 0.350. The first kappa shape index (κ1) is 19.0. The van der Waals surface area contributed by atoms with E-state index in [4.69, 9.17) is 38.0 Å². The first-order valence-corrected chi connectivity index (χ1v) is 9.39. The minimum atomic E-state index is 0.247. The minimum Gasteiger partial charge on any atom is -0.493 e. The monoisotopic (exact) mass is 391 g/mol. The van der Waals surface area contributed by atoms with Crippen LogP contribution in [0.5, 0.6) is 11.5 Å². The smallest absolute Gasteiger partial charge is 0.161 e. The molecule has 1 fully saturated rings. The van der Waals surface area contributed by atoms with Crippen molar-refractivity contribution in [1.82, 2.24) is 5.32 Å². The Morgan fingerprint density at radius 3 is 2.73 bits per heavy atom. The summed E-state index contributed by atoms with van der Waals surface area (Å²) < 4.78 is 17.0. The Kier molecular flexibility index (Phi) is 6.72. The lowest BCUT2D eigenvalue weighted by molar-refractivity contribution is 0.114. The van der Waals surface area contributed by atoms with E-state index in [0.29, 0.717) is 28.1 Å². The summed E-state index contributed by atoms with van der Waals surface area (Å²) in [4.78, 5) is 0.683. The molecule has 3 rings (SSSR count). The topological polar surface area (TPSA) is 39.7 Å². The van der Waals surface area contributed by atoms with Crippen LogP contribution in [-0.4, -0.2) is 31.4 Å². The van der Waals surface area contributed by atoms with Crippen LogP contribution in [0, 0.1) is 0 Å². The van der Waals surface area contributed by atoms with Crippen molar-refractivity contribution in [2.45, 2.75) is 25.6 Å². The number of methoxy groups -OCH3 is 1. The maximum atomic E-state index is 5.90. The quantitative estimate of drug-likeness (QED) is 0.709. The van der Waals surface area contributed by atoms with E-state index < -0.39 is 0 Å². The van der Waals surface area contributed by atoms with E-state index in [2.05, 4.69) is 5.32 Å². The molecule has 2 aromatic carbocycles. The highest BCUT2D eigenvalue weighted by Gasteiger charge is 2.16. The zero-order chi connectivity index (χ0) is 18.4. The van der Waals surface area contributed by atoms with Gasteiger partial charge in [0.05, 0.1) is 13.2 Å². The maximum absolute atomic E-state index is 5.90. The molecule has 0 unspecified atom stereocenters. The van der Waals surface area contributed by atoms with Gasteiger partial charge in [0.15, 0.2) is 11.5 Å². The van der Waals surface area contributed by atoms with Gasteiger partial charge in [-0.3, -0.25) is 0 Å². The molecule has 4 nitrogen and oxygen atoms in total. The van der Waals surface area contributed by atoms with Gasteiger partial charge in [-0.15, -0.1) is 0 Å². The lowest BCUT2D eigenvalue weighted by Gasteiger charge is -2.15. The molecular weight excluding hydrogens is 370 g/mol. The van der Waals surface area contributed by atoms with Gasteiger partial charge in [0.2, 0.25) is 0 Å². The summed E-state index contributed by atoms with van der Waals surface area (Å²) in [5.41, 5.74) is 1.93. The number of thiocarbonyl (C=S) groups is 1. The van der Waals surface area contributed by atoms with Crippen molar-refractivity contribution in [2.24, 2.45) is 0 Å². The highest BCUT2D eigenvalue weighted by Crippen LogP contribution is 2.29. The third-order valence-electron chi connectivity index (χ3n) is 4.25. The van der Waals surface area contributed by atoms with Gasteiger partial charge in [-0.1, -0.05) is 36.0 Å². The summed E-state index contributed by atoms with van der Waals surface area (Å²) in [6, 6.07) is 13.3. The van der Waals surface area contributed by atoms with Crippen LogP contribution in [0.4, 0.5) is 0 Å². The number of hydrogen-bond acceptors (Lipinski definition) is 4. The molecule has 2 aromatic rings. The molecule has 0 amide bonds. The fourth-order valence-electron chi connectivity index (χ4n) is 2.78. The SMILES string of the molecule is COc1cc(C(=S)NC[C@@H]2CCCO2)ccc1OCc1ccc(Cl)cc1. The summed E-state index contributed by atoms with van der Waals surface area (Å²) in [6.07, 6.45) is 2.44. The van der Waals surface area contributed by atoms with Crippen molar-refractivity contribution in [3.05, 3.63) is 58.6 Å². The Morgan fingerprint density at radius 2 is 2.04 bits per heavy atom. The zero-order valence-corrected chi connectivity index (χ0v) is 16.2. The average molecular weight is 392 g/mol. The summed E-state index contributed by atoms with van der Waals surface area (Å²) >= 11 is 11.4. The van der Waals surface area contributed by atoms with E-state index in [9.17, 15) is 0 Å². The first-order valence-electron chi connectivity index (χ1n) is 8.61. The molecule has 6 heteroatoms. The Morgan fingerprint density at radius 1 is 1.23 bits per heavy atom. The van der Waals surface area contributed by atoms with Gasteiger partial charge in [-0.2, -0.15) is 0 Å². The zero-order valence-electron chi connectivity index (χ0n) is 14.7. The number of benzene rings is 2. The second-order valence-corrected chi connectivity index (χ2v) is 6.97. The third-order valence-corrected chi connectivity index (χ3v) is 4.88. The van der Waals surface area contributed by atoms with Crippen LogP contribution in [0.15, 0.2) is 42.5 Å². The van der Waals surface area contributed by atoms with Crippen LogP contribution < -0.4 is 14.8 Å². The molecule has 26 heavy (non-hydrogen) atoms. The molecular formula is C20H22ClNO3S. The van der Waals surface area contributed by atoms with Crippen molar-refractivity contribution >= 4 is 28.8 Å². The predicted molar refractivity (Wildman–Crippen MR) is 107 cm³/mol. The average Bonchev–Trinajstić information content (AvgIpc) is 3.19. The molecule has 0 spiro atoms. The summed E-state index contributed by atoms with van der Waals surface area (Å²) in [5, 5.41) is 3.98. The molecule has 1 heterocycles. The van der Waals surface area contributed by atoms with Gasteiger partial charge in [0.25, 0.3) is 0 Å². The largest absolute Gasteiger partial charge is 0.493 e. The second kappa shape index (κ2) is 9.21. The predicted octanol–water partition coefficient (Wildman–Crippen LogP) is 4.37. The lowest BCUT2D eigenvalue weighted by atomic mass is 10.2. The number of hydrogen-bond donors (Lipinski definition) is 1. The van der Waals surface area contributed by atoms with Crippen LogP contribution in [0.25, 0.3) is 0 Å². The Hall–Kier alpha value is -1.82. The van der Waals surface area contributed by atoms with E-state index in [0.717, 1.165) is 37.1 Å². The number of ether oxygens (including phenoxy) is 3. The van der Waals surface area contributed by atoms with Crippen LogP contribution in [0.2, 0.25) is 5.02 Å². The van der Waals surface area contributed by atoms with Crippen molar-refractivity contribution in [3.8, 4) is 11.5 Å². The van der Waals surface area contributed by atoms with E-state index in [1.54, 1.807) is 7.11 Å². The molecule has 0 aromatic heterocycles. The highest BCUT2D eigenvalue weighted by atomic mass is 35.5. The van der Waals surface area contributed by atoms with E-state index in [1.807, 2.05) is 42.5 Å². The molecule has 138 valence electrons. The summed E-state index contributed by atoms with van der Waals surface area (Å²) in [5.74, 6) is 1.32. The second-order valence-electron chi connectivity index (χ2n) is 6.13. The normalized spacial score (nSPS) is 16.3. The van der Waals surface area contributed by atoms with Crippen molar-refractivity contribution in [2.75, 3.05) is 20.3 Å². The van der Waals surface area contributed by atoms with E-state index >= 15 is 0 Å². The number of nitrogens with one attached hydrogen (secondary N) is 1. The van der Waals surface area contributed by atoms with Gasteiger partial charge in [0, 0.05) is 23.7 Å². The molecule has 1 saturated heterocycles. The standard InChI is InChI=1S/C20H22ClNO3S/c1-23-19-11-15(20(26)22-12-17-3-2-10-24-17)6-9-18(19)25-13-14-4-7-16(21)8-5-14/h4-9,11,17H,2-3,10,12-13H2,1H3,(H,22,26)/t17-/m0/s1. The molecule has 0 bridgehead atoms. The fourth-order valence-corrected chi connectivity index (χ4v) is 3.12. The highest BCUT2D eigenvalue weighted by molar-refractivity contribution is 7.80. The molecule has 1 atom stereocenters. The van der Waals surface area contributed by atoms with E-state index in [1.165, 1.54) is 0 Å². The molecule has 1 aliphatic heterocycles. The summed E-state index contributed by atoms with van der Waals surface area (Å²) in [7, 11) is 1.62. The first-order chi connectivity index (χ1) is 12.7. The van der Waals surface area contributed by atoms with Crippen LogP contribution >= 0.6 is 23.8 Å². The molecule has 1 aliphatic rings. The van der Waals surface area contributed by atoms with Gasteiger partial charge in [-0.05, 0) is 48.7 Å². The van der Waals surface area contributed by atoms with Gasteiger partial charge in [-0.25, -0.2) is 0 Å². The molecule has 0 saturated carbocycles. The van der Waals surface area contributed by atoms with E-state index in [-0.39, 0.29) is 6.10 Å². The summed E-state index contributed by atoms with van der Waals surface area (Å²) in [6.45, 7) is 2.01.